The lowest BCUT2D eigenvalue weighted by Crippen LogP contribution is -3.00. The summed E-state index contributed by atoms with van der Waals surface area (Å²) in [5.41, 5.74) is 15.5. The number of carbonyl (C=O) groups is 1. The molecule has 1 amide bonds. The van der Waals surface area contributed by atoms with Crippen LogP contribution in [0.4, 0.5) is 11.6 Å². The summed E-state index contributed by atoms with van der Waals surface area (Å²) in [6.07, 6.45) is 0. The van der Waals surface area contributed by atoms with Crippen molar-refractivity contribution in [3.05, 3.63) is 59.1 Å². The first-order chi connectivity index (χ1) is 15.8. The minimum absolute atomic E-state index is 0. The second-order valence-electron chi connectivity index (χ2n) is 7.44. The van der Waals surface area contributed by atoms with Gasteiger partial charge in [-0.25, -0.2) is 19.1 Å². The Morgan fingerprint density at radius 1 is 1.18 bits per heavy atom. The first kappa shape index (κ1) is 25.5. The van der Waals surface area contributed by atoms with Crippen LogP contribution in [-0.2, 0) is 20.1 Å². The van der Waals surface area contributed by atoms with Crippen molar-refractivity contribution in [1.82, 2.24) is 19.9 Å². The van der Waals surface area contributed by atoms with E-state index in [-0.39, 0.29) is 53.0 Å². The van der Waals surface area contributed by atoms with Crippen LogP contribution in [-0.4, -0.2) is 27.6 Å². The number of nitrogens with zero attached hydrogens (tertiary/aromatic N) is 4. The Morgan fingerprint density at radius 3 is 2.62 bits per heavy atom. The van der Waals surface area contributed by atoms with E-state index in [0.29, 0.717) is 0 Å². The molecule has 11 heteroatoms. The highest BCUT2D eigenvalue weighted by atomic mass is 127. The fourth-order valence-electron chi connectivity index (χ4n) is 3.95. The first-order valence-electron chi connectivity index (χ1n) is 10.4. The highest BCUT2D eigenvalue weighted by Gasteiger charge is 2.24. The van der Waals surface area contributed by atoms with Gasteiger partial charge in [-0.15, -0.1) is 0 Å². The number of anilines is 2. The van der Waals surface area contributed by atoms with Crippen LogP contribution in [0.25, 0.3) is 22.2 Å². The van der Waals surface area contributed by atoms with Gasteiger partial charge in [0.15, 0.2) is 33.5 Å². The van der Waals surface area contributed by atoms with Crippen LogP contribution in [0.3, 0.4) is 0 Å². The topological polar surface area (TPSA) is 125 Å². The van der Waals surface area contributed by atoms with Crippen molar-refractivity contribution in [2.45, 2.75) is 20.0 Å². The molecule has 178 valence electrons. The molecule has 0 aliphatic heterocycles. The molecule has 0 aliphatic rings. The smallest absolute Gasteiger partial charge is 0.276 e. The summed E-state index contributed by atoms with van der Waals surface area (Å²) in [4.78, 5) is 20.5. The van der Waals surface area contributed by atoms with Gasteiger partial charge in [0.1, 0.15) is 12.3 Å². The molecule has 2 heterocycles. The van der Waals surface area contributed by atoms with Gasteiger partial charge in [0, 0.05) is 5.56 Å². The van der Waals surface area contributed by atoms with Gasteiger partial charge in [0.2, 0.25) is 0 Å². The molecule has 2 aromatic carbocycles. The molecule has 34 heavy (non-hydrogen) atoms. The van der Waals surface area contributed by atoms with Crippen LogP contribution in [0, 0.1) is 0 Å². The molecular formula is C23H25ClIN7O2. The average Bonchev–Trinajstić information content (AvgIpc) is 3.09. The van der Waals surface area contributed by atoms with Gasteiger partial charge in [-0.05, 0) is 36.8 Å². The first-order valence-corrected chi connectivity index (χ1v) is 10.7. The third-order valence-corrected chi connectivity index (χ3v) is 5.87. The molecule has 0 spiro atoms. The van der Waals surface area contributed by atoms with Crippen molar-refractivity contribution in [1.29, 1.82) is 0 Å². The maximum absolute atomic E-state index is 12.7. The van der Waals surface area contributed by atoms with Gasteiger partial charge in [0.05, 0.1) is 20.7 Å². The lowest BCUT2D eigenvalue weighted by molar-refractivity contribution is -0.654. The number of nitrogens with one attached hydrogen (secondary N) is 1. The summed E-state index contributed by atoms with van der Waals surface area (Å²) in [6, 6.07) is 14.2. The number of hydrogen-bond acceptors (Lipinski definition) is 6. The minimum Gasteiger partial charge on any atom is -1.00 e. The van der Waals surface area contributed by atoms with Crippen LogP contribution in [0.2, 0.25) is 5.15 Å². The van der Waals surface area contributed by atoms with Crippen LogP contribution in [0.1, 0.15) is 23.2 Å². The number of imidazole rings is 1. The Labute approximate surface area is 219 Å². The predicted molar refractivity (Wildman–Crippen MR) is 128 cm³/mol. The zero-order valence-electron chi connectivity index (χ0n) is 19.0. The maximum Gasteiger partial charge on any atom is 0.276 e. The van der Waals surface area contributed by atoms with E-state index in [1.165, 1.54) is 0 Å². The second kappa shape index (κ2) is 10.4. The molecule has 0 unspecified atom stereocenters. The third-order valence-electron chi connectivity index (χ3n) is 5.59. The number of methoxy groups -OCH3 is 1. The van der Waals surface area contributed by atoms with E-state index in [1.807, 2.05) is 31.3 Å². The molecule has 2 aromatic heterocycles. The largest absolute Gasteiger partial charge is 1.00 e. The van der Waals surface area contributed by atoms with Crippen molar-refractivity contribution in [2.24, 2.45) is 7.05 Å². The molecule has 0 bridgehead atoms. The van der Waals surface area contributed by atoms with Crippen LogP contribution >= 0.6 is 11.6 Å². The van der Waals surface area contributed by atoms with E-state index in [1.54, 1.807) is 7.11 Å². The Bertz CT molecular complexity index is 1370. The molecule has 0 fully saturated rings. The third kappa shape index (κ3) is 4.60. The van der Waals surface area contributed by atoms with Crippen molar-refractivity contribution in [3.8, 4) is 16.9 Å². The number of aryl methyl sites for hydroxylation is 2. The summed E-state index contributed by atoms with van der Waals surface area (Å²) in [7, 11) is 3.63. The van der Waals surface area contributed by atoms with E-state index in [9.17, 15) is 4.79 Å². The fraction of sp³-hybridized carbons (Fsp3) is 0.217. The highest BCUT2D eigenvalue weighted by Crippen LogP contribution is 2.31. The van der Waals surface area contributed by atoms with Crippen molar-refractivity contribution < 1.29 is 38.1 Å². The lowest BCUT2D eigenvalue weighted by Gasteiger charge is -2.07. The van der Waals surface area contributed by atoms with E-state index in [0.717, 1.165) is 40.3 Å². The second-order valence-corrected chi connectivity index (χ2v) is 7.80. The molecule has 0 aliphatic carbocycles. The van der Waals surface area contributed by atoms with Crippen molar-refractivity contribution in [3.63, 3.8) is 0 Å². The average molecular weight is 594 g/mol. The molecule has 0 saturated heterocycles. The quantitative estimate of drug-likeness (QED) is 0.208. The number of nitrogen functional groups attached to an aromatic ring is 2. The van der Waals surface area contributed by atoms with Crippen LogP contribution < -0.4 is 50.1 Å². The number of aromatic nitrogens is 4. The van der Waals surface area contributed by atoms with Gasteiger partial charge in [-0.3, -0.25) is 4.79 Å². The van der Waals surface area contributed by atoms with Crippen molar-refractivity contribution in [2.75, 3.05) is 18.6 Å². The van der Waals surface area contributed by atoms with Crippen LogP contribution in [0.15, 0.2) is 42.5 Å². The van der Waals surface area contributed by atoms with E-state index >= 15 is 0 Å². The Balaban J connectivity index is 0.00000324. The highest BCUT2D eigenvalue weighted by molar-refractivity contribution is 6.31. The zero-order chi connectivity index (χ0) is 23.7. The number of amides is 1. The number of nitrogens with two attached hydrogens (primary N) is 2. The summed E-state index contributed by atoms with van der Waals surface area (Å²) in [5, 5.41) is 2.80. The molecule has 0 saturated carbocycles. The Hall–Kier alpha value is -3.12. The number of para-hydroxylation sites is 1. The summed E-state index contributed by atoms with van der Waals surface area (Å²) >= 11 is 5.91. The Kier molecular flexibility index (Phi) is 7.82. The predicted octanol–water partition coefficient (Wildman–Crippen LogP) is -0.297. The summed E-state index contributed by atoms with van der Waals surface area (Å²) < 4.78 is 9.73. The van der Waals surface area contributed by atoms with E-state index in [2.05, 4.69) is 49.5 Å². The van der Waals surface area contributed by atoms with Gasteiger partial charge in [-0.1, -0.05) is 29.8 Å². The van der Waals surface area contributed by atoms with Crippen molar-refractivity contribution >= 4 is 40.2 Å². The molecule has 4 rings (SSSR count). The number of rotatable bonds is 6. The number of fused-ring (bicyclic) bond motifs is 1. The molecule has 4 aromatic rings. The fourth-order valence-corrected chi connectivity index (χ4v) is 4.08. The lowest BCUT2D eigenvalue weighted by atomic mass is 10.0. The van der Waals surface area contributed by atoms with Gasteiger partial charge in [0.25, 0.3) is 11.7 Å². The normalized spacial score (nSPS) is 10.7. The molecule has 0 atom stereocenters. The molecule has 5 N–H and O–H groups in total. The van der Waals surface area contributed by atoms with E-state index in [4.69, 9.17) is 27.8 Å². The summed E-state index contributed by atoms with van der Waals surface area (Å²) in [5.74, 6) is 1.14. The van der Waals surface area contributed by atoms with Gasteiger partial charge >= 0.3 is 0 Å². The molecular weight excluding hydrogens is 569 g/mol. The maximum atomic E-state index is 12.7. The zero-order valence-corrected chi connectivity index (χ0v) is 21.9. The monoisotopic (exact) mass is 593 g/mol. The van der Waals surface area contributed by atoms with Gasteiger partial charge in [-0.2, -0.15) is 0 Å². The minimum atomic E-state index is -0.482. The molecule has 0 radical (unpaired) electrons. The standard InChI is InChI=1S/C23H24ClN7O2.HI/c1-4-31-15-10-9-13(14-7-5-6-8-17(14)33-3)11-16(15)30(2)18(31)12-27-23(32)19-21(25)29-22(26)20(24)28-19;/h5-11H,4,12H2,1-3H3,(H4-,25,26,27,29,32);1H. The Morgan fingerprint density at radius 2 is 1.91 bits per heavy atom. The molecule has 9 nitrogen and oxygen atoms in total. The number of benzene rings is 2. The van der Waals surface area contributed by atoms with Crippen LogP contribution in [0.5, 0.6) is 5.75 Å². The SMILES string of the molecule is CCn1c(CNC(=O)c2nc(Cl)c(N)nc2N)[n+](C)c2cc(-c3ccccc3OC)ccc21.[I-]. The number of carbonyl (C=O) groups excluding carboxylic acids is 1. The van der Waals surface area contributed by atoms with E-state index < -0.39 is 5.91 Å². The number of halogens is 2. The number of ether oxygens (including phenoxy) is 1. The van der Waals surface area contributed by atoms with Gasteiger partial charge < -0.3 is 45.5 Å². The summed E-state index contributed by atoms with van der Waals surface area (Å²) in [6.45, 7) is 3.04. The number of hydrogen-bond donors (Lipinski definition) is 3.